The Labute approximate surface area is 202 Å². The summed E-state index contributed by atoms with van der Waals surface area (Å²) in [7, 11) is 1.57. The number of phenolic OH excluding ortho intramolecular Hbond substituents is 1. The molecule has 0 saturated carbocycles. The van der Waals surface area contributed by atoms with Gasteiger partial charge < -0.3 is 19.5 Å². The molecule has 2 aromatic heterocycles. The summed E-state index contributed by atoms with van der Waals surface area (Å²) >= 11 is 1.74. The molecule has 1 unspecified atom stereocenters. The van der Waals surface area contributed by atoms with Gasteiger partial charge >= 0.3 is 0 Å². The lowest BCUT2D eigenvalue weighted by Gasteiger charge is -2.36. The fraction of sp³-hybridized carbons (Fsp3) is 0.458. The van der Waals surface area contributed by atoms with Crippen LogP contribution >= 0.6 is 11.3 Å². The number of carbonyl (C=O) groups is 1. The molecule has 3 aromatic rings. The number of aldehydes is 1. The molecule has 2 aliphatic rings. The van der Waals surface area contributed by atoms with Crippen molar-refractivity contribution in [2.45, 2.75) is 12.8 Å². The molecule has 1 aromatic carbocycles. The van der Waals surface area contributed by atoms with Crippen molar-refractivity contribution in [1.29, 1.82) is 0 Å². The smallest absolute Gasteiger partial charge is 0.166 e. The highest BCUT2D eigenvalue weighted by Crippen LogP contribution is 2.35. The van der Waals surface area contributed by atoms with Crippen LogP contribution in [0.1, 0.15) is 4.88 Å². The summed E-state index contributed by atoms with van der Waals surface area (Å²) in [6, 6.07) is 9.24. The van der Waals surface area contributed by atoms with E-state index in [4.69, 9.17) is 19.4 Å². The lowest BCUT2D eigenvalue weighted by Crippen LogP contribution is -2.51. The molecule has 4 heterocycles. The normalized spacial score (nSPS) is 18.9. The van der Waals surface area contributed by atoms with E-state index in [0.29, 0.717) is 19.0 Å². The van der Waals surface area contributed by atoms with Gasteiger partial charge in [0.1, 0.15) is 5.75 Å². The number of methoxy groups -OCH3 is 1. The van der Waals surface area contributed by atoms with Crippen LogP contribution in [0.15, 0.2) is 30.3 Å². The zero-order valence-corrected chi connectivity index (χ0v) is 20.0. The molecule has 2 fully saturated rings. The first kappa shape index (κ1) is 23.1. The van der Waals surface area contributed by atoms with Gasteiger partial charge in [-0.05, 0) is 18.2 Å². The van der Waals surface area contributed by atoms with E-state index in [2.05, 4.69) is 20.8 Å². The van der Waals surface area contributed by atoms with Crippen molar-refractivity contribution in [1.82, 2.24) is 19.8 Å². The molecular formula is C24H29N5O4S. The molecule has 34 heavy (non-hydrogen) atoms. The molecule has 0 amide bonds. The van der Waals surface area contributed by atoms with Gasteiger partial charge in [-0.2, -0.15) is 0 Å². The van der Waals surface area contributed by atoms with E-state index in [-0.39, 0.29) is 5.75 Å². The molecule has 2 saturated heterocycles. The monoisotopic (exact) mass is 483 g/mol. The van der Waals surface area contributed by atoms with Crippen LogP contribution in [0.2, 0.25) is 0 Å². The highest BCUT2D eigenvalue weighted by Gasteiger charge is 2.25. The van der Waals surface area contributed by atoms with Crippen LogP contribution in [0.5, 0.6) is 5.75 Å². The van der Waals surface area contributed by atoms with Gasteiger partial charge in [0.15, 0.2) is 24.2 Å². The molecule has 180 valence electrons. The number of anilines is 1. The van der Waals surface area contributed by atoms with Crippen molar-refractivity contribution in [3.8, 4) is 17.1 Å². The van der Waals surface area contributed by atoms with E-state index < -0.39 is 6.23 Å². The number of morpholine rings is 1. The first-order chi connectivity index (χ1) is 16.6. The van der Waals surface area contributed by atoms with Crippen LogP contribution in [0.4, 0.5) is 5.82 Å². The van der Waals surface area contributed by atoms with Gasteiger partial charge in [0.2, 0.25) is 0 Å². The zero-order chi connectivity index (χ0) is 23.5. The molecule has 0 radical (unpaired) electrons. The number of ether oxygens (including phenoxy) is 2. The predicted molar refractivity (Wildman–Crippen MR) is 131 cm³/mol. The zero-order valence-electron chi connectivity index (χ0n) is 19.2. The number of aromatic nitrogens is 2. The van der Waals surface area contributed by atoms with Crippen LogP contribution in [0.25, 0.3) is 21.6 Å². The first-order valence-corrected chi connectivity index (χ1v) is 12.3. The Hall–Kier alpha value is -2.63. The largest absolute Gasteiger partial charge is 0.508 e. The predicted octanol–water partition coefficient (Wildman–Crippen LogP) is 2.19. The third-order valence-electron chi connectivity index (χ3n) is 6.32. The number of phenols is 1. The van der Waals surface area contributed by atoms with Crippen molar-refractivity contribution in [2.75, 3.05) is 64.5 Å². The van der Waals surface area contributed by atoms with E-state index in [0.717, 1.165) is 73.7 Å². The van der Waals surface area contributed by atoms with Crippen molar-refractivity contribution < 1.29 is 19.4 Å². The second-order valence-corrected chi connectivity index (χ2v) is 9.66. The highest BCUT2D eigenvalue weighted by molar-refractivity contribution is 7.19. The summed E-state index contributed by atoms with van der Waals surface area (Å²) in [5.41, 5.74) is 1.72. The lowest BCUT2D eigenvalue weighted by molar-refractivity contribution is -0.129. The number of hydrogen-bond donors (Lipinski definition) is 1. The molecule has 2 aliphatic heterocycles. The van der Waals surface area contributed by atoms with Crippen LogP contribution in [-0.4, -0.2) is 97.0 Å². The van der Waals surface area contributed by atoms with Crippen LogP contribution in [0, 0.1) is 0 Å². The molecular weight excluding hydrogens is 454 g/mol. The Kier molecular flexibility index (Phi) is 7.02. The maximum absolute atomic E-state index is 11.2. The molecule has 1 atom stereocenters. The maximum Gasteiger partial charge on any atom is 0.166 e. The second kappa shape index (κ2) is 10.3. The highest BCUT2D eigenvalue weighted by atomic mass is 32.1. The summed E-state index contributed by atoms with van der Waals surface area (Å²) in [6.07, 6.45) is 0.394. The van der Waals surface area contributed by atoms with E-state index >= 15 is 0 Å². The van der Waals surface area contributed by atoms with Crippen LogP contribution in [0.3, 0.4) is 0 Å². The molecule has 0 spiro atoms. The Morgan fingerprint density at radius 2 is 1.94 bits per heavy atom. The Morgan fingerprint density at radius 1 is 1.15 bits per heavy atom. The Bertz CT molecular complexity index is 1140. The number of benzene rings is 1. The van der Waals surface area contributed by atoms with Gasteiger partial charge in [-0.25, -0.2) is 9.97 Å². The second-order valence-electron chi connectivity index (χ2n) is 8.52. The quantitative estimate of drug-likeness (QED) is 0.508. The Morgan fingerprint density at radius 3 is 2.65 bits per heavy atom. The van der Waals surface area contributed by atoms with Crippen molar-refractivity contribution in [3.05, 3.63) is 35.2 Å². The van der Waals surface area contributed by atoms with Crippen molar-refractivity contribution in [2.24, 2.45) is 0 Å². The maximum atomic E-state index is 11.2. The van der Waals surface area contributed by atoms with E-state index in [1.54, 1.807) is 30.6 Å². The number of fused-ring (bicyclic) bond motifs is 1. The standard InChI is InChI=1S/C24H29N5O4S/c1-32-21(16-30)28-7-5-27(6-8-28)15-19-14-20-22(34-19)24(29-9-11-33-12-10-29)26-23(25-20)17-3-2-4-18(31)13-17/h2-4,13-14,16,21,31H,5-12,15H2,1H3. The van der Waals surface area contributed by atoms with Gasteiger partial charge in [-0.3, -0.25) is 14.6 Å². The fourth-order valence-electron chi connectivity index (χ4n) is 4.49. The number of thiophene rings is 1. The van der Waals surface area contributed by atoms with E-state index in [1.807, 2.05) is 12.1 Å². The summed E-state index contributed by atoms with van der Waals surface area (Å²) in [6.45, 7) is 7.10. The van der Waals surface area contributed by atoms with Crippen molar-refractivity contribution in [3.63, 3.8) is 0 Å². The van der Waals surface area contributed by atoms with Gasteiger partial charge in [0.05, 0.1) is 23.4 Å². The average Bonchev–Trinajstić information content (AvgIpc) is 3.28. The lowest BCUT2D eigenvalue weighted by atomic mass is 10.2. The van der Waals surface area contributed by atoms with E-state index in [9.17, 15) is 9.90 Å². The topological polar surface area (TPSA) is 91.3 Å². The minimum Gasteiger partial charge on any atom is -0.508 e. The number of hydrogen-bond acceptors (Lipinski definition) is 10. The summed E-state index contributed by atoms with van der Waals surface area (Å²) < 4.78 is 11.9. The van der Waals surface area contributed by atoms with Gasteiger partial charge in [0, 0.05) is 63.4 Å². The van der Waals surface area contributed by atoms with Gasteiger partial charge in [-0.15, -0.1) is 11.3 Å². The Balaban J connectivity index is 1.41. The molecule has 5 rings (SSSR count). The van der Waals surface area contributed by atoms with Crippen LogP contribution < -0.4 is 4.90 Å². The fourth-order valence-corrected chi connectivity index (χ4v) is 5.65. The average molecular weight is 484 g/mol. The molecule has 10 heteroatoms. The van der Waals surface area contributed by atoms with E-state index in [1.165, 1.54) is 4.88 Å². The van der Waals surface area contributed by atoms with Crippen LogP contribution in [-0.2, 0) is 20.8 Å². The SMILES string of the molecule is COC(C=O)N1CCN(Cc2cc3nc(-c4cccc(O)c4)nc(N4CCOCC4)c3s2)CC1. The summed E-state index contributed by atoms with van der Waals surface area (Å²) in [5.74, 6) is 1.74. The van der Waals surface area contributed by atoms with Crippen molar-refractivity contribution >= 4 is 33.7 Å². The first-order valence-electron chi connectivity index (χ1n) is 11.5. The molecule has 9 nitrogen and oxygen atoms in total. The number of aromatic hydroxyl groups is 1. The number of carbonyl (C=O) groups excluding carboxylic acids is 1. The minimum atomic E-state index is -0.464. The van der Waals surface area contributed by atoms with Gasteiger partial charge in [0.25, 0.3) is 0 Å². The third-order valence-corrected chi connectivity index (χ3v) is 7.43. The number of piperazine rings is 1. The number of nitrogens with zero attached hydrogens (tertiary/aromatic N) is 5. The van der Waals surface area contributed by atoms with Gasteiger partial charge in [-0.1, -0.05) is 12.1 Å². The summed E-state index contributed by atoms with van der Waals surface area (Å²) in [4.78, 5) is 29.0. The molecule has 0 aliphatic carbocycles. The molecule has 1 N–H and O–H groups in total. The molecule has 0 bridgehead atoms. The third kappa shape index (κ3) is 4.91. The summed E-state index contributed by atoms with van der Waals surface area (Å²) in [5, 5.41) is 9.96. The minimum absolute atomic E-state index is 0.199. The number of rotatable bonds is 7.